The van der Waals surface area contributed by atoms with E-state index in [-0.39, 0.29) is 29.9 Å². The summed E-state index contributed by atoms with van der Waals surface area (Å²) in [5.74, 6) is 0.870. The Morgan fingerprint density at radius 3 is 2.41 bits per heavy atom. The van der Waals surface area contributed by atoms with E-state index in [0.29, 0.717) is 25.1 Å². The number of guanidine groups is 1. The van der Waals surface area contributed by atoms with Gasteiger partial charge in [0.15, 0.2) is 5.96 Å². The van der Waals surface area contributed by atoms with E-state index in [1.807, 2.05) is 6.92 Å². The molecule has 0 atom stereocenters. The van der Waals surface area contributed by atoms with Crippen LogP contribution in [0.25, 0.3) is 0 Å². The van der Waals surface area contributed by atoms with Crippen LogP contribution in [-0.4, -0.2) is 61.7 Å². The molecule has 0 radical (unpaired) electrons. The second-order valence-electron chi connectivity index (χ2n) is 7.28. The molecular formula is C20H41IN4O2. The summed E-state index contributed by atoms with van der Waals surface area (Å²) in [7, 11) is 0. The quantitative estimate of drug-likeness (QED) is 0.151. The van der Waals surface area contributed by atoms with Gasteiger partial charge in [0.1, 0.15) is 0 Å². The third kappa shape index (κ3) is 12.5. The summed E-state index contributed by atoms with van der Waals surface area (Å²) >= 11 is 0. The minimum atomic E-state index is -0.0762. The molecule has 0 saturated carbocycles. The standard InChI is InChI=1S/C20H40N4O2.HI/c1-5-21-20(23-18-12-15-24(16-13-18)17(3)4)22-14-10-8-7-9-11-19(25)26-6-2;/h17-18H,5-16H2,1-4H3,(H2,21,22,23);1H. The molecule has 1 rings (SSSR count). The summed E-state index contributed by atoms with van der Waals surface area (Å²) in [6.07, 6.45) is 7.03. The van der Waals surface area contributed by atoms with Crippen LogP contribution in [0.3, 0.4) is 0 Å². The van der Waals surface area contributed by atoms with Gasteiger partial charge in [0.25, 0.3) is 0 Å². The highest BCUT2D eigenvalue weighted by atomic mass is 127. The first-order valence-corrected chi connectivity index (χ1v) is 10.5. The molecule has 2 N–H and O–H groups in total. The fourth-order valence-corrected chi connectivity index (χ4v) is 3.23. The molecule has 0 aromatic rings. The average molecular weight is 496 g/mol. The van der Waals surface area contributed by atoms with Crippen molar-refractivity contribution in [3.8, 4) is 0 Å². The van der Waals surface area contributed by atoms with Crippen LogP contribution < -0.4 is 10.6 Å². The number of unbranched alkanes of at least 4 members (excludes halogenated alkanes) is 3. The lowest BCUT2D eigenvalue weighted by Gasteiger charge is -2.35. The Labute approximate surface area is 183 Å². The summed E-state index contributed by atoms with van der Waals surface area (Å²) in [5.41, 5.74) is 0. The number of likely N-dealkylation sites (tertiary alicyclic amines) is 1. The molecule has 0 aromatic heterocycles. The molecule has 1 aliphatic heterocycles. The van der Waals surface area contributed by atoms with Crippen LogP contribution in [0, 0.1) is 0 Å². The van der Waals surface area contributed by atoms with Gasteiger partial charge in [-0.05, 0) is 53.4 Å². The molecule has 1 heterocycles. The number of nitrogens with zero attached hydrogens (tertiary/aromatic N) is 2. The maximum Gasteiger partial charge on any atom is 0.305 e. The van der Waals surface area contributed by atoms with E-state index in [4.69, 9.17) is 9.73 Å². The Balaban J connectivity index is 0.00000676. The lowest BCUT2D eigenvalue weighted by molar-refractivity contribution is -0.143. The van der Waals surface area contributed by atoms with Crippen molar-refractivity contribution >= 4 is 35.9 Å². The largest absolute Gasteiger partial charge is 0.466 e. The SMILES string of the molecule is CCNC(=NCCCCCCC(=O)OCC)NC1CCN(C(C)C)CC1.I. The Hall–Kier alpha value is -0.570. The average Bonchev–Trinajstić information content (AvgIpc) is 2.61. The van der Waals surface area contributed by atoms with Crippen molar-refractivity contribution in [2.75, 3.05) is 32.8 Å². The molecule has 1 aliphatic rings. The summed E-state index contributed by atoms with van der Waals surface area (Å²) in [4.78, 5) is 18.5. The van der Waals surface area contributed by atoms with Crippen LogP contribution in [0.5, 0.6) is 0 Å². The predicted octanol–water partition coefficient (Wildman–Crippen LogP) is 3.55. The van der Waals surface area contributed by atoms with E-state index in [9.17, 15) is 4.79 Å². The van der Waals surface area contributed by atoms with Gasteiger partial charge in [-0.3, -0.25) is 9.79 Å². The van der Waals surface area contributed by atoms with Gasteiger partial charge in [0, 0.05) is 44.7 Å². The van der Waals surface area contributed by atoms with Crippen molar-refractivity contribution in [1.29, 1.82) is 0 Å². The Morgan fingerprint density at radius 1 is 1.15 bits per heavy atom. The van der Waals surface area contributed by atoms with E-state index in [2.05, 4.69) is 36.3 Å². The molecular weight excluding hydrogens is 455 g/mol. The normalized spacial score (nSPS) is 16.1. The number of hydrogen-bond donors (Lipinski definition) is 2. The number of carbonyl (C=O) groups is 1. The third-order valence-electron chi connectivity index (χ3n) is 4.81. The number of ether oxygens (including phenoxy) is 1. The van der Waals surface area contributed by atoms with E-state index >= 15 is 0 Å². The predicted molar refractivity (Wildman–Crippen MR) is 124 cm³/mol. The first-order valence-electron chi connectivity index (χ1n) is 10.5. The molecule has 1 fully saturated rings. The zero-order valence-electron chi connectivity index (χ0n) is 17.8. The van der Waals surface area contributed by atoms with E-state index < -0.39 is 0 Å². The maximum absolute atomic E-state index is 11.3. The lowest BCUT2D eigenvalue weighted by atomic mass is 10.0. The number of halogens is 1. The monoisotopic (exact) mass is 496 g/mol. The minimum Gasteiger partial charge on any atom is -0.466 e. The molecule has 0 aliphatic carbocycles. The smallest absolute Gasteiger partial charge is 0.305 e. The number of aliphatic imine (C=N–C) groups is 1. The van der Waals surface area contributed by atoms with Crippen molar-refractivity contribution in [2.45, 2.75) is 84.7 Å². The van der Waals surface area contributed by atoms with Crippen LogP contribution in [0.4, 0.5) is 0 Å². The van der Waals surface area contributed by atoms with Crippen LogP contribution in [0.1, 0.15) is 72.6 Å². The summed E-state index contributed by atoms with van der Waals surface area (Å²) in [6, 6.07) is 1.16. The molecule has 0 bridgehead atoms. The number of esters is 1. The zero-order chi connectivity index (χ0) is 19.2. The molecule has 7 heteroatoms. The molecule has 0 unspecified atom stereocenters. The summed E-state index contributed by atoms with van der Waals surface area (Å²) in [5, 5.41) is 6.96. The molecule has 0 aromatic carbocycles. The van der Waals surface area contributed by atoms with Gasteiger partial charge in [0.2, 0.25) is 0 Å². The van der Waals surface area contributed by atoms with E-state index in [1.54, 1.807) is 0 Å². The van der Waals surface area contributed by atoms with E-state index in [0.717, 1.165) is 57.8 Å². The first-order chi connectivity index (χ1) is 12.6. The topological polar surface area (TPSA) is 66.0 Å². The van der Waals surface area contributed by atoms with Gasteiger partial charge in [0.05, 0.1) is 6.61 Å². The molecule has 27 heavy (non-hydrogen) atoms. The van der Waals surface area contributed by atoms with Crippen LogP contribution in [0.2, 0.25) is 0 Å². The van der Waals surface area contributed by atoms with Gasteiger partial charge >= 0.3 is 5.97 Å². The highest BCUT2D eigenvalue weighted by molar-refractivity contribution is 14.0. The molecule has 6 nitrogen and oxygen atoms in total. The molecule has 160 valence electrons. The van der Waals surface area contributed by atoms with Gasteiger partial charge in [-0.2, -0.15) is 0 Å². The van der Waals surface area contributed by atoms with Gasteiger partial charge in [-0.15, -0.1) is 24.0 Å². The van der Waals surface area contributed by atoms with Crippen molar-refractivity contribution in [2.24, 2.45) is 4.99 Å². The van der Waals surface area contributed by atoms with Crippen molar-refractivity contribution in [3.63, 3.8) is 0 Å². The van der Waals surface area contributed by atoms with Gasteiger partial charge in [-0.1, -0.05) is 12.8 Å². The molecule has 0 spiro atoms. The highest BCUT2D eigenvalue weighted by Gasteiger charge is 2.21. The van der Waals surface area contributed by atoms with Gasteiger partial charge in [-0.25, -0.2) is 0 Å². The number of hydrogen-bond acceptors (Lipinski definition) is 4. The lowest BCUT2D eigenvalue weighted by Crippen LogP contribution is -2.49. The number of rotatable bonds is 11. The van der Waals surface area contributed by atoms with E-state index in [1.165, 1.54) is 12.8 Å². The second-order valence-corrected chi connectivity index (χ2v) is 7.28. The highest BCUT2D eigenvalue weighted by Crippen LogP contribution is 2.12. The fourth-order valence-electron chi connectivity index (χ4n) is 3.23. The third-order valence-corrected chi connectivity index (χ3v) is 4.81. The minimum absolute atomic E-state index is 0. The Morgan fingerprint density at radius 2 is 1.81 bits per heavy atom. The van der Waals surface area contributed by atoms with Crippen molar-refractivity contribution in [1.82, 2.24) is 15.5 Å². The first kappa shape index (κ1) is 26.4. The van der Waals surface area contributed by atoms with Crippen molar-refractivity contribution in [3.05, 3.63) is 0 Å². The summed E-state index contributed by atoms with van der Waals surface area (Å²) in [6.45, 7) is 13.0. The number of nitrogens with one attached hydrogen (secondary N) is 2. The second kappa shape index (κ2) is 16.4. The fraction of sp³-hybridized carbons (Fsp3) is 0.900. The zero-order valence-corrected chi connectivity index (χ0v) is 20.1. The van der Waals surface area contributed by atoms with Crippen LogP contribution in [-0.2, 0) is 9.53 Å². The van der Waals surface area contributed by atoms with Gasteiger partial charge < -0.3 is 20.3 Å². The molecule has 0 amide bonds. The maximum atomic E-state index is 11.3. The Bertz CT molecular complexity index is 411. The molecule has 1 saturated heterocycles. The van der Waals surface area contributed by atoms with Crippen molar-refractivity contribution < 1.29 is 9.53 Å². The Kier molecular flexibility index (Phi) is 16.0. The summed E-state index contributed by atoms with van der Waals surface area (Å²) < 4.78 is 4.94. The number of carbonyl (C=O) groups excluding carboxylic acids is 1. The number of piperidine rings is 1. The van der Waals surface area contributed by atoms with Crippen LogP contribution in [0.15, 0.2) is 4.99 Å². The van der Waals surface area contributed by atoms with Crippen LogP contribution >= 0.6 is 24.0 Å².